The minimum atomic E-state index is -0.579. The summed E-state index contributed by atoms with van der Waals surface area (Å²) in [5.74, 6) is 1.03. The second-order valence-corrected chi connectivity index (χ2v) is 4.86. The molecule has 22 heavy (non-hydrogen) atoms. The number of carbonyl (C=O) groups excluding carboxylic acids is 1. The van der Waals surface area contributed by atoms with Crippen LogP contribution in [0.1, 0.15) is 13.3 Å². The van der Waals surface area contributed by atoms with Gasteiger partial charge in [-0.2, -0.15) is 0 Å². The van der Waals surface area contributed by atoms with Crippen LogP contribution in [0.5, 0.6) is 11.5 Å². The van der Waals surface area contributed by atoms with Gasteiger partial charge in [-0.1, -0.05) is 12.1 Å². The molecule has 0 aliphatic carbocycles. The summed E-state index contributed by atoms with van der Waals surface area (Å²) in [5.41, 5.74) is 0. The highest BCUT2D eigenvalue weighted by Gasteiger charge is 2.15. The lowest BCUT2D eigenvalue weighted by molar-refractivity contribution is -0.127. The van der Waals surface area contributed by atoms with Crippen LogP contribution < -0.4 is 14.8 Å². The van der Waals surface area contributed by atoms with Crippen LogP contribution in [0.15, 0.2) is 43.0 Å². The predicted octanol–water partition coefficient (Wildman–Crippen LogP) is 1.87. The lowest BCUT2D eigenvalue weighted by atomic mass is 10.3. The van der Waals surface area contributed by atoms with Crippen molar-refractivity contribution in [3.05, 3.63) is 43.0 Å². The van der Waals surface area contributed by atoms with Crippen molar-refractivity contribution in [2.24, 2.45) is 0 Å². The minimum absolute atomic E-state index is 0.142. The Bertz CT molecular complexity index is 584. The molecule has 1 amide bonds. The van der Waals surface area contributed by atoms with Crippen molar-refractivity contribution in [1.29, 1.82) is 0 Å². The van der Waals surface area contributed by atoms with Crippen LogP contribution in [-0.4, -0.2) is 35.2 Å². The van der Waals surface area contributed by atoms with E-state index < -0.39 is 6.10 Å². The zero-order valence-electron chi connectivity index (χ0n) is 12.9. The molecule has 6 heteroatoms. The van der Waals surface area contributed by atoms with Gasteiger partial charge in [0, 0.05) is 25.5 Å². The topological polar surface area (TPSA) is 65.4 Å². The van der Waals surface area contributed by atoms with Gasteiger partial charge in [-0.15, -0.1) is 0 Å². The Kier molecular flexibility index (Phi) is 5.82. The van der Waals surface area contributed by atoms with Crippen molar-refractivity contribution in [3.63, 3.8) is 0 Å². The Labute approximate surface area is 130 Å². The Balaban J connectivity index is 1.74. The van der Waals surface area contributed by atoms with Crippen molar-refractivity contribution in [2.75, 3.05) is 13.7 Å². The van der Waals surface area contributed by atoms with E-state index in [2.05, 4.69) is 10.3 Å². The number of aromatic nitrogens is 2. The minimum Gasteiger partial charge on any atom is -0.493 e. The third-order valence-electron chi connectivity index (χ3n) is 3.19. The first-order chi connectivity index (χ1) is 10.7. The molecule has 0 fully saturated rings. The maximum atomic E-state index is 12.0. The van der Waals surface area contributed by atoms with E-state index in [4.69, 9.17) is 9.47 Å². The van der Waals surface area contributed by atoms with Crippen molar-refractivity contribution >= 4 is 5.91 Å². The van der Waals surface area contributed by atoms with Crippen LogP contribution in [0.2, 0.25) is 0 Å². The fraction of sp³-hybridized carbons (Fsp3) is 0.375. The van der Waals surface area contributed by atoms with E-state index in [-0.39, 0.29) is 5.91 Å². The number of nitrogens with one attached hydrogen (secondary N) is 1. The van der Waals surface area contributed by atoms with E-state index >= 15 is 0 Å². The number of ether oxygens (including phenoxy) is 2. The number of methoxy groups -OCH3 is 1. The molecule has 0 saturated carbocycles. The Morgan fingerprint density at radius 3 is 2.82 bits per heavy atom. The van der Waals surface area contributed by atoms with Gasteiger partial charge in [0.15, 0.2) is 17.6 Å². The third-order valence-corrected chi connectivity index (χ3v) is 3.19. The molecule has 0 aliphatic rings. The van der Waals surface area contributed by atoms with Crippen LogP contribution >= 0.6 is 0 Å². The molecule has 0 aliphatic heterocycles. The zero-order chi connectivity index (χ0) is 15.8. The number of imidazole rings is 1. The highest BCUT2D eigenvalue weighted by molar-refractivity contribution is 5.80. The molecule has 0 spiro atoms. The van der Waals surface area contributed by atoms with Crippen molar-refractivity contribution < 1.29 is 14.3 Å². The molecule has 2 rings (SSSR count). The predicted molar refractivity (Wildman–Crippen MR) is 82.9 cm³/mol. The molecular formula is C16H21N3O3. The van der Waals surface area contributed by atoms with Crippen LogP contribution in [0.3, 0.4) is 0 Å². The Morgan fingerprint density at radius 1 is 1.36 bits per heavy atom. The molecule has 0 unspecified atom stereocenters. The molecule has 1 N–H and O–H groups in total. The molecule has 1 heterocycles. The fourth-order valence-corrected chi connectivity index (χ4v) is 2.00. The molecule has 0 saturated heterocycles. The summed E-state index contributed by atoms with van der Waals surface area (Å²) in [7, 11) is 1.57. The van der Waals surface area contributed by atoms with Crippen molar-refractivity contribution in [2.45, 2.75) is 26.0 Å². The maximum Gasteiger partial charge on any atom is 0.260 e. The summed E-state index contributed by atoms with van der Waals surface area (Å²) >= 11 is 0. The lowest BCUT2D eigenvalue weighted by Gasteiger charge is -2.16. The summed E-state index contributed by atoms with van der Waals surface area (Å²) in [6.07, 6.45) is 5.65. The number of carbonyl (C=O) groups is 1. The molecule has 1 aromatic heterocycles. The maximum absolute atomic E-state index is 12.0. The number of nitrogens with zero attached hydrogens (tertiary/aromatic N) is 2. The molecule has 118 valence electrons. The van der Waals surface area contributed by atoms with Crippen LogP contribution in [-0.2, 0) is 11.3 Å². The molecule has 0 radical (unpaired) electrons. The largest absolute Gasteiger partial charge is 0.493 e. The average Bonchev–Trinajstić information content (AvgIpc) is 3.05. The highest BCUT2D eigenvalue weighted by atomic mass is 16.5. The number of benzene rings is 1. The van der Waals surface area contributed by atoms with Gasteiger partial charge in [-0.25, -0.2) is 4.98 Å². The molecule has 2 aromatic rings. The van der Waals surface area contributed by atoms with Gasteiger partial charge in [0.05, 0.1) is 13.4 Å². The summed E-state index contributed by atoms with van der Waals surface area (Å²) in [6, 6.07) is 7.27. The van der Waals surface area contributed by atoms with E-state index in [0.717, 1.165) is 13.0 Å². The second-order valence-electron chi connectivity index (χ2n) is 4.86. The number of para-hydroxylation sites is 2. The number of rotatable bonds is 8. The standard InChI is InChI=1S/C16H21N3O3/c1-13(22-15-7-4-3-6-14(15)21-2)16(20)18-8-5-10-19-11-9-17-12-19/h3-4,6-7,9,11-13H,5,8,10H2,1-2H3,(H,18,20)/t13-/m1/s1. The monoisotopic (exact) mass is 303 g/mol. The van der Waals surface area contributed by atoms with Gasteiger partial charge < -0.3 is 19.4 Å². The van der Waals surface area contributed by atoms with Crippen molar-refractivity contribution in [1.82, 2.24) is 14.9 Å². The highest BCUT2D eigenvalue weighted by Crippen LogP contribution is 2.26. The normalized spacial score (nSPS) is 11.7. The van der Waals surface area contributed by atoms with Crippen molar-refractivity contribution in [3.8, 4) is 11.5 Å². The van der Waals surface area contributed by atoms with Gasteiger partial charge in [0.1, 0.15) is 0 Å². The first kappa shape index (κ1) is 15.9. The molecule has 6 nitrogen and oxygen atoms in total. The van der Waals surface area contributed by atoms with Crippen LogP contribution in [0, 0.1) is 0 Å². The number of hydrogen-bond donors (Lipinski definition) is 1. The third kappa shape index (κ3) is 4.51. The van der Waals surface area contributed by atoms with Crippen LogP contribution in [0.4, 0.5) is 0 Å². The molecule has 1 aromatic carbocycles. The number of amides is 1. The second kappa shape index (κ2) is 8.07. The SMILES string of the molecule is COc1ccccc1O[C@H](C)C(=O)NCCCn1ccnc1. The van der Waals surface area contributed by atoms with Gasteiger partial charge >= 0.3 is 0 Å². The van der Waals surface area contributed by atoms with E-state index in [1.54, 1.807) is 38.7 Å². The first-order valence-electron chi connectivity index (χ1n) is 7.24. The number of aryl methyl sites for hydroxylation is 1. The Hall–Kier alpha value is -2.50. The summed E-state index contributed by atoms with van der Waals surface area (Å²) in [5, 5.41) is 2.86. The quantitative estimate of drug-likeness (QED) is 0.756. The van der Waals surface area contributed by atoms with E-state index in [0.29, 0.717) is 18.0 Å². The summed E-state index contributed by atoms with van der Waals surface area (Å²) < 4.78 is 12.8. The van der Waals surface area contributed by atoms with E-state index in [9.17, 15) is 4.79 Å². The fourth-order valence-electron chi connectivity index (χ4n) is 2.00. The summed E-state index contributed by atoms with van der Waals surface area (Å²) in [6.45, 7) is 3.14. The van der Waals surface area contributed by atoms with Crippen LogP contribution in [0.25, 0.3) is 0 Å². The van der Waals surface area contributed by atoms with Gasteiger partial charge in [-0.3, -0.25) is 4.79 Å². The van der Waals surface area contributed by atoms with Gasteiger partial charge in [0.25, 0.3) is 5.91 Å². The average molecular weight is 303 g/mol. The smallest absolute Gasteiger partial charge is 0.260 e. The van der Waals surface area contributed by atoms with Gasteiger partial charge in [-0.05, 0) is 25.5 Å². The molecular weight excluding hydrogens is 282 g/mol. The molecule has 0 bridgehead atoms. The Morgan fingerprint density at radius 2 is 2.14 bits per heavy atom. The molecule has 1 atom stereocenters. The summed E-state index contributed by atoms with van der Waals surface area (Å²) in [4.78, 5) is 16.0. The van der Waals surface area contributed by atoms with E-state index in [1.807, 2.05) is 22.9 Å². The first-order valence-corrected chi connectivity index (χ1v) is 7.24. The van der Waals surface area contributed by atoms with E-state index in [1.165, 1.54) is 0 Å². The number of hydrogen-bond acceptors (Lipinski definition) is 4. The van der Waals surface area contributed by atoms with Gasteiger partial charge in [0.2, 0.25) is 0 Å². The zero-order valence-corrected chi connectivity index (χ0v) is 12.9. The lowest BCUT2D eigenvalue weighted by Crippen LogP contribution is -2.37.